The molecule has 0 aliphatic rings. The molecule has 5 heteroatoms. The minimum atomic E-state index is -0.903. The molecule has 0 atom stereocenters. The summed E-state index contributed by atoms with van der Waals surface area (Å²) >= 11 is 3.16. The van der Waals surface area contributed by atoms with Gasteiger partial charge in [-0.1, -0.05) is 32.0 Å². The smallest absolute Gasteiger partial charge is 0.347 e. The van der Waals surface area contributed by atoms with Crippen LogP contribution < -0.4 is 0 Å². The Balaban J connectivity index is 2.17. The van der Waals surface area contributed by atoms with Gasteiger partial charge in [0, 0.05) is 11.3 Å². The van der Waals surface area contributed by atoms with Gasteiger partial charge in [0.2, 0.25) is 0 Å². The lowest BCUT2D eigenvalue weighted by Crippen LogP contribution is -1.94. The van der Waals surface area contributed by atoms with E-state index in [0.29, 0.717) is 16.5 Å². The van der Waals surface area contributed by atoms with Gasteiger partial charge in [-0.2, -0.15) is 11.8 Å². The van der Waals surface area contributed by atoms with Gasteiger partial charge in [0.25, 0.3) is 0 Å². The molecule has 0 fully saturated rings. The molecule has 0 bridgehead atoms. The lowest BCUT2D eigenvalue weighted by Gasteiger charge is -2.05. The lowest BCUT2D eigenvalue weighted by atomic mass is 10.1. The van der Waals surface area contributed by atoms with Crippen molar-refractivity contribution < 1.29 is 9.90 Å². The van der Waals surface area contributed by atoms with Crippen molar-refractivity contribution in [3.05, 3.63) is 40.4 Å². The van der Waals surface area contributed by atoms with Crippen LogP contribution in [0.25, 0.3) is 10.6 Å². The summed E-state index contributed by atoms with van der Waals surface area (Å²) in [6.45, 7) is 6.18. The number of hydrogen-bond acceptors (Lipinski definition) is 4. The van der Waals surface area contributed by atoms with Crippen molar-refractivity contribution in [2.75, 3.05) is 5.75 Å². The van der Waals surface area contributed by atoms with Crippen LogP contribution in [-0.2, 0) is 5.75 Å². The third-order valence-electron chi connectivity index (χ3n) is 2.88. The fraction of sp³-hybridized carbons (Fsp3) is 0.375. The molecule has 0 aliphatic heterocycles. The molecule has 1 heterocycles. The van der Waals surface area contributed by atoms with E-state index in [4.69, 9.17) is 5.11 Å². The number of benzene rings is 1. The maximum absolute atomic E-state index is 11.1. The highest BCUT2D eigenvalue weighted by atomic mass is 32.2. The number of thiazole rings is 1. The van der Waals surface area contributed by atoms with Crippen molar-refractivity contribution in [3.63, 3.8) is 0 Å². The summed E-state index contributed by atoms with van der Waals surface area (Å²) in [6.07, 6.45) is 0. The predicted octanol–water partition coefficient (Wildman–Crippen LogP) is 4.71. The van der Waals surface area contributed by atoms with E-state index in [1.165, 1.54) is 16.9 Å². The molecule has 0 amide bonds. The normalized spacial score (nSPS) is 11.0. The van der Waals surface area contributed by atoms with Gasteiger partial charge in [-0.3, -0.25) is 0 Å². The van der Waals surface area contributed by atoms with Crippen LogP contribution in [0.15, 0.2) is 24.3 Å². The van der Waals surface area contributed by atoms with Crippen LogP contribution in [0.2, 0.25) is 0 Å². The zero-order valence-corrected chi connectivity index (χ0v) is 14.1. The quantitative estimate of drug-likeness (QED) is 0.837. The first kappa shape index (κ1) is 16.0. The van der Waals surface area contributed by atoms with Gasteiger partial charge in [-0.25, -0.2) is 9.78 Å². The van der Waals surface area contributed by atoms with Crippen LogP contribution in [0.1, 0.15) is 34.8 Å². The van der Waals surface area contributed by atoms with Crippen molar-refractivity contribution in [1.82, 2.24) is 4.98 Å². The summed E-state index contributed by atoms with van der Waals surface area (Å²) in [7, 11) is 0. The third kappa shape index (κ3) is 4.32. The second-order valence-corrected chi connectivity index (χ2v) is 7.38. The van der Waals surface area contributed by atoms with E-state index in [-0.39, 0.29) is 0 Å². The summed E-state index contributed by atoms with van der Waals surface area (Å²) in [5.41, 5.74) is 2.84. The summed E-state index contributed by atoms with van der Waals surface area (Å²) in [5.74, 6) is 1.91. The number of carbonyl (C=O) groups is 1. The number of aryl methyl sites for hydroxylation is 1. The van der Waals surface area contributed by atoms with Gasteiger partial charge in [0.15, 0.2) is 0 Å². The molecular weight excluding hydrogens is 302 g/mol. The molecule has 0 saturated carbocycles. The van der Waals surface area contributed by atoms with Crippen LogP contribution >= 0.6 is 23.1 Å². The molecule has 112 valence electrons. The Morgan fingerprint density at radius 2 is 2.19 bits per heavy atom. The number of carboxylic acid groups (broad SMARTS) is 1. The van der Waals surface area contributed by atoms with E-state index in [2.05, 4.69) is 31.0 Å². The van der Waals surface area contributed by atoms with E-state index in [0.717, 1.165) is 22.1 Å². The second kappa shape index (κ2) is 7.09. The van der Waals surface area contributed by atoms with E-state index in [1.807, 2.05) is 23.9 Å². The number of aromatic carboxylic acids is 1. The molecule has 1 aromatic carbocycles. The first-order valence-electron chi connectivity index (χ1n) is 6.85. The molecule has 2 aromatic rings. The van der Waals surface area contributed by atoms with E-state index >= 15 is 0 Å². The number of hydrogen-bond donors (Lipinski definition) is 1. The van der Waals surface area contributed by atoms with Gasteiger partial charge in [-0.15, -0.1) is 11.3 Å². The summed E-state index contributed by atoms with van der Waals surface area (Å²) in [6, 6.07) is 8.21. The fourth-order valence-corrected chi connectivity index (χ4v) is 3.83. The zero-order chi connectivity index (χ0) is 15.4. The van der Waals surface area contributed by atoms with Crippen molar-refractivity contribution >= 4 is 29.1 Å². The van der Waals surface area contributed by atoms with Crippen molar-refractivity contribution in [1.29, 1.82) is 0 Å². The minimum Gasteiger partial charge on any atom is -0.477 e. The topological polar surface area (TPSA) is 50.2 Å². The summed E-state index contributed by atoms with van der Waals surface area (Å²) in [4.78, 5) is 15.8. The molecule has 2 rings (SSSR count). The Labute approximate surface area is 133 Å². The number of nitrogens with zero attached hydrogens (tertiary/aromatic N) is 1. The van der Waals surface area contributed by atoms with Gasteiger partial charge < -0.3 is 5.11 Å². The van der Waals surface area contributed by atoms with Gasteiger partial charge in [0.1, 0.15) is 9.88 Å². The molecule has 0 saturated heterocycles. The second-order valence-electron chi connectivity index (χ2n) is 5.35. The minimum absolute atomic E-state index is 0.324. The Hall–Kier alpha value is -1.33. The lowest BCUT2D eigenvalue weighted by molar-refractivity contribution is 0.0701. The Morgan fingerprint density at radius 1 is 1.43 bits per heavy atom. The number of aromatic nitrogens is 1. The highest BCUT2D eigenvalue weighted by Crippen LogP contribution is 2.29. The van der Waals surface area contributed by atoms with E-state index in [9.17, 15) is 4.79 Å². The monoisotopic (exact) mass is 321 g/mol. The van der Waals surface area contributed by atoms with Crippen molar-refractivity contribution in [2.24, 2.45) is 5.92 Å². The molecule has 0 unspecified atom stereocenters. The number of thioether (sulfide) groups is 1. The van der Waals surface area contributed by atoms with Crippen LogP contribution in [0, 0.1) is 12.8 Å². The fourth-order valence-electron chi connectivity index (χ4n) is 1.92. The molecule has 0 aliphatic carbocycles. The Bertz CT molecular complexity index is 635. The van der Waals surface area contributed by atoms with Crippen molar-refractivity contribution in [2.45, 2.75) is 26.5 Å². The average Bonchev–Trinajstić information content (AvgIpc) is 2.81. The van der Waals surface area contributed by atoms with Gasteiger partial charge in [-0.05, 0) is 30.2 Å². The van der Waals surface area contributed by atoms with Gasteiger partial charge in [0.05, 0.1) is 5.69 Å². The molecule has 0 spiro atoms. The summed E-state index contributed by atoms with van der Waals surface area (Å²) < 4.78 is 0. The molecule has 3 nitrogen and oxygen atoms in total. The predicted molar refractivity (Wildman–Crippen MR) is 90.2 cm³/mol. The zero-order valence-electron chi connectivity index (χ0n) is 12.4. The Kier molecular flexibility index (Phi) is 5.42. The van der Waals surface area contributed by atoms with Crippen LogP contribution in [0.5, 0.6) is 0 Å². The Morgan fingerprint density at radius 3 is 2.81 bits per heavy atom. The maximum Gasteiger partial charge on any atom is 0.347 e. The maximum atomic E-state index is 11.1. The first-order chi connectivity index (χ1) is 9.97. The molecular formula is C16H19NO2S2. The largest absolute Gasteiger partial charge is 0.477 e. The van der Waals surface area contributed by atoms with Crippen LogP contribution in [0.3, 0.4) is 0 Å². The average molecular weight is 321 g/mol. The first-order valence-corrected chi connectivity index (χ1v) is 8.82. The molecule has 21 heavy (non-hydrogen) atoms. The number of rotatable bonds is 6. The molecule has 1 N–H and O–H groups in total. The van der Waals surface area contributed by atoms with E-state index < -0.39 is 5.97 Å². The highest BCUT2D eigenvalue weighted by molar-refractivity contribution is 7.98. The summed E-state index contributed by atoms with van der Waals surface area (Å²) in [5, 5.41) is 9.89. The standard InChI is InChI=1S/C16H19NO2S2/c1-10(2)8-20-9-12-5-4-6-13(7-12)15-17-11(3)14(21-15)16(18)19/h4-7,10H,8-9H2,1-3H3,(H,18,19). The van der Waals surface area contributed by atoms with Crippen LogP contribution in [-0.4, -0.2) is 21.8 Å². The van der Waals surface area contributed by atoms with E-state index in [1.54, 1.807) is 6.92 Å². The van der Waals surface area contributed by atoms with Crippen LogP contribution in [0.4, 0.5) is 0 Å². The highest BCUT2D eigenvalue weighted by Gasteiger charge is 2.15. The third-order valence-corrected chi connectivity index (χ3v) is 5.52. The van der Waals surface area contributed by atoms with Crippen molar-refractivity contribution in [3.8, 4) is 10.6 Å². The SMILES string of the molecule is Cc1nc(-c2cccc(CSCC(C)C)c2)sc1C(=O)O. The number of carboxylic acids is 1. The molecule has 0 radical (unpaired) electrons. The van der Waals surface area contributed by atoms with Gasteiger partial charge >= 0.3 is 5.97 Å². The molecule has 1 aromatic heterocycles.